The summed E-state index contributed by atoms with van der Waals surface area (Å²) in [6, 6.07) is 7.83. The highest BCUT2D eigenvalue weighted by atomic mass is 35.5. The summed E-state index contributed by atoms with van der Waals surface area (Å²) in [5.41, 5.74) is 1.15. The molecule has 1 amide bonds. The van der Waals surface area contributed by atoms with Crippen molar-refractivity contribution in [3.05, 3.63) is 29.8 Å². The van der Waals surface area contributed by atoms with Crippen LogP contribution in [0.4, 0.5) is 0 Å². The highest BCUT2D eigenvalue weighted by molar-refractivity contribution is 6.18. The largest absolute Gasteiger partial charge is 0.493 e. The molecule has 0 radical (unpaired) electrons. The molecule has 0 saturated carbocycles. The van der Waals surface area contributed by atoms with Crippen molar-refractivity contribution in [3.8, 4) is 5.75 Å². The molecule has 0 bridgehead atoms. The van der Waals surface area contributed by atoms with Crippen molar-refractivity contribution in [2.45, 2.75) is 33.1 Å². The minimum Gasteiger partial charge on any atom is -0.493 e. The van der Waals surface area contributed by atoms with Crippen LogP contribution < -0.4 is 10.1 Å². The summed E-state index contributed by atoms with van der Waals surface area (Å²) in [6.07, 6.45) is 2.40. The summed E-state index contributed by atoms with van der Waals surface area (Å²) in [4.78, 5) is 11.6. The van der Waals surface area contributed by atoms with Gasteiger partial charge in [-0.3, -0.25) is 4.79 Å². The molecule has 0 aliphatic carbocycles. The number of carbonyl (C=O) groups is 1. The Labute approximate surface area is 126 Å². The van der Waals surface area contributed by atoms with Crippen LogP contribution in [0, 0.1) is 12.8 Å². The van der Waals surface area contributed by atoms with E-state index in [1.54, 1.807) is 0 Å². The maximum Gasteiger partial charge on any atom is 0.223 e. The van der Waals surface area contributed by atoms with E-state index < -0.39 is 0 Å². The molecule has 3 nitrogen and oxygen atoms in total. The molecule has 1 unspecified atom stereocenters. The van der Waals surface area contributed by atoms with Crippen LogP contribution >= 0.6 is 11.6 Å². The van der Waals surface area contributed by atoms with E-state index in [0.717, 1.165) is 24.2 Å². The van der Waals surface area contributed by atoms with Crippen molar-refractivity contribution in [1.29, 1.82) is 0 Å². The lowest BCUT2D eigenvalue weighted by Gasteiger charge is -2.09. The van der Waals surface area contributed by atoms with Crippen molar-refractivity contribution < 1.29 is 9.53 Å². The van der Waals surface area contributed by atoms with Crippen molar-refractivity contribution in [2.24, 2.45) is 5.92 Å². The first-order valence-electron chi connectivity index (χ1n) is 7.14. The second kappa shape index (κ2) is 9.65. The minimum absolute atomic E-state index is 0.0381. The van der Waals surface area contributed by atoms with Gasteiger partial charge in [0.25, 0.3) is 0 Å². The van der Waals surface area contributed by atoms with Gasteiger partial charge in [-0.1, -0.05) is 19.1 Å². The zero-order valence-corrected chi connectivity index (χ0v) is 13.1. The minimum atomic E-state index is 0.0381. The predicted octanol–water partition coefficient (Wildman–Crippen LogP) is 3.54. The van der Waals surface area contributed by atoms with Gasteiger partial charge in [-0.2, -0.15) is 0 Å². The molecule has 1 aromatic rings. The molecule has 0 aliphatic heterocycles. The molecule has 0 spiro atoms. The molecule has 112 valence electrons. The lowest BCUT2D eigenvalue weighted by Crippen LogP contribution is -2.26. The number of ether oxygens (including phenoxy) is 1. The highest BCUT2D eigenvalue weighted by Crippen LogP contribution is 2.12. The van der Waals surface area contributed by atoms with Gasteiger partial charge in [-0.25, -0.2) is 0 Å². The van der Waals surface area contributed by atoms with E-state index in [2.05, 4.69) is 12.2 Å². The van der Waals surface area contributed by atoms with Crippen molar-refractivity contribution >= 4 is 17.5 Å². The van der Waals surface area contributed by atoms with Gasteiger partial charge in [0.15, 0.2) is 0 Å². The van der Waals surface area contributed by atoms with Crippen LogP contribution in [0.5, 0.6) is 5.75 Å². The summed E-state index contributed by atoms with van der Waals surface area (Å²) in [7, 11) is 0. The van der Waals surface area contributed by atoms with Gasteiger partial charge in [0.2, 0.25) is 5.91 Å². The zero-order chi connectivity index (χ0) is 14.8. The van der Waals surface area contributed by atoms with Gasteiger partial charge >= 0.3 is 0 Å². The SMILES string of the molecule is Cc1cccc(OCCC(=O)NCCCC(C)CCl)c1. The molecule has 1 atom stereocenters. The van der Waals surface area contributed by atoms with Gasteiger partial charge in [-0.15, -0.1) is 11.6 Å². The molecular formula is C16H24ClNO2. The quantitative estimate of drug-likeness (QED) is 0.559. The Balaban J connectivity index is 2.08. The van der Waals surface area contributed by atoms with E-state index in [1.807, 2.05) is 31.2 Å². The number of rotatable bonds is 9. The molecule has 1 N–H and O–H groups in total. The zero-order valence-electron chi connectivity index (χ0n) is 12.3. The Kier molecular flexibility index (Phi) is 8.12. The Hall–Kier alpha value is -1.22. The van der Waals surface area contributed by atoms with E-state index in [-0.39, 0.29) is 5.91 Å². The number of benzene rings is 1. The summed E-state index contributed by atoms with van der Waals surface area (Å²) in [6.45, 7) is 5.25. The first-order chi connectivity index (χ1) is 9.61. The fourth-order valence-corrected chi connectivity index (χ4v) is 1.96. The third-order valence-electron chi connectivity index (χ3n) is 3.05. The second-order valence-electron chi connectivity index (χ2n) is 5.17. The standard InChI is InChI=1S/C16H24ClNO2/c1-13-5-3-7-15(11-13)20-10-8-16(19)18-9-4-6-14(2)12-17/h3,5,7,11,14H,4,6,8-10,12H2,1-2H3,(H,18,19). The summed E-state index contributed by atoms with van der Waals surface area (Å²) >= 11 is 5.73. The van der Waals surface area contributed by atoms with Crippen LogP contribution in [0.3, 0.4) is 0 Å². The van der Waals surface area contributed by atoms with Gasteiger partial charge in [-0.05, 0) is 43.4 Å². The Morgan fingerprint density at radius 2 is 2.25 bits per heavy atom. The molecule has 0 fully saturated rings. The Morgan fingerprint density at radius 3 is 2.95 bits per heavy atom. The summed E-state index contributed by atoms with van der Waals surface area (Å²) < 4.78 is 5.54. The average Bonchev–Trinajstić information content (AvgIpc) is 2.43. The number of aryl methyl sites for hydroxylation is 1. The van der Waals surface area contributed by atoms with Crippen molar-refractivity contribution in [2.75, 3.05) is 19.0 Å². The summed E-state index contributed by atoms with van der Waals surface area (Å²) in [5.74, 6) is 2.04. The van der Waals surface area contributed by atoms with Crippen LogP contribution in [-0.4, -0.2) is 24.9 Å². The molecule has 1 rings (SSSR count). The topological polar surface area (TPSA) is 38.3 Å². The van der Waals surface area contributed by atoms with E-state index in [0.29, 0.717) is 31.4 Å². The molecule has 0 aliphatic rings. The number of nitrogens with one attached hydrogen (secondary N) is 1. The van der Waals surface area contributed by atoms with Gasteiger partial charge in [0.05, 0.1) is 13.0 Å². The van der Waals surface area contributed by atoms with Gasteiger partial charge in [0, 0.05) is 12.4 Å². The molecular weight excluding hydrogens is 274 g/mol. The molecule has 0 aromatic heterocycles. The maximum atomic E-state index is 11.6. The lowest BCUT2D eigenvalue weighted by molar-refractivity contribution is -0.121. The molecule has 0 saturated heterocycles. The number of hydrogen-bond acceptors (Lipinski definition) is 2. The third-order valence-corrected chi connectivity index (χ3v) is 3.57. The Morgan fingerprint density at radius 1 is 1.45 bits per heavy atom. The van der Waals surface area contributed by atoms with Crippen molar-refractivity contribution in [3.63, 3.8) is 0 Å². The monoisotopic (exact) mass is 297 g/mol. The first kappa shape index (κ1) is 16.8. The molecule has 1 aromatic carbocycles. The highest BCUT2D eigenvalue weighted by Gasteiger charge is 2.03. The molecule has 20 heavy (non-hydrogen) atoms. The normalized spacial score (nSPS) is 11.9. The third kappa shape index (κ3) is 7.39. The predicted molar refractivity (Wildman–Crippen MR) is 83.4 cm³/mol. The van der Waals surface area contributed by atoms with Crippen molar-refractivity contribution in [1.82, 2.24) is 5.32 Å². The van der Waals surface area contributed by atoms with E-state index in [9.17, 15) is 4.79 Å². The number of halogens is 1. The van der Waals surface area contributed by atoms with E-state index >= 15 is 0 Å². The van der Waals surface area contributed by atoms with E-state index in [1.165, 1.54) is 0 Å². The smallest absolute Gasteiger partial charge is 0.223 e. The lowest BCUT2D eigenvalue weighted by atomic mass is 10.1. The van der Waals surface area contributed by atoms with Gasteiger partial charge < -0.3 is 10.1 Å². The molecule has 0 heterocycles. The number of hydrogen-bond donors (Lipinski definition) is 1. The fraction of sp³-hybridized carbons (Fsp3) is 0.562. The number of amides is 1. The van der Waals surface area contributed by atoms with Crippen LogP contribution in [0.2, 0.25) is 0 Å². The van der Waals surface area contributed by atoms with Crippen LogP contribution in [0.1, 0.15) is 31.7 Å². The maximum absolute atomic E-state index is 11.6. The summed E-state index contributed by atoms with van der Waals surface area (Å²) in [5, 5.41) is 2.90. The fourth-order valence-electron chi connectivity index (χ4n) is 1.81. The molecule has 4 heteroatoms. The number of carbonyl (C=O) groups excluding carboxylic acids is 1. The average molecular weight is 298 g/mol. The van der Waals surface area contributed by atoms with Crippen LogP contribution in [0.25, 0.3) is 0 Å². The first-order valence-corrected chi connectivity index (χ1v) is 7.67. The second-order valence-corrected chi connectivity index (χ2v) is 5.48. The number of alkyl halides is 1. The van der Waals surface area contributed by atoms with E-state index in [4.69, 9.17) is 16.3 Å². The Bertz CT molecular complexity index is 409. The van der Waals surface area contributed by atoms with Gasteiger partial charge in [0.1, 0.15) is 5.75 Å². The van der Waals surface area contributed by atoms with Crippen LogP contribution in [0.15, 0.2) is 24.3 Å². The van der Waals surface area contributed by atoms with Crippen LogP contribution in [-0.2, 0) is 4.79 Å².